The molecule has 0 saturated carbocycles. The zero-order chi connectivity index (χ0) is 16.4. The van der Waals surface area contributed by atoms with Crippen LogP contribution in [-0.2, 0) is 9.53 Å². The highest BCUT2D eigenvalue weighted by Gasteiger charge is 2.62. The number of halogens is 5. The van der Waals surface area contributed by atoms with E-state index in [1.807, 2.05) is 0 Å². The summed E-state index contributed by atoms with van der Waals surface area (Å²) < 4.78 is 68.3. The van der Waals surface area contributed by atoms with Crippen LogP contribution in [0.3, 0.4) is 0 Å². The lowest BCUT2D eigenvalue weighted by molar-refractivity contribution is -0.268. The number of amides is 1. The van der Waals surface area contributed by atoms with Crippen LogP contribution in [0.15, 0.2) is 18.2 Å². The van der Waals surface area contributed by atoms with E-state index in [0.717, 1.165) is 11.4 Å². The Morgan fingerprint density at radius 2 is 1.67 bits per heavy atom. The van der Waals surface area contributed by atoms with Gasteiger partial charge in [0, 0.05) is 0 Å². The predicted octanol–water partition coefficient (Wildman–Crippen LogP) is 1.12. The number of rotatable bonds is 3. The van der Waals surface area contributed by atoms with Gasteiger partial charge in [-0.3, -0.25) is 4.79 Å². The van der Waals surface area contributed by atoms with Gasteiger partial charge in [0.25, 0.3) is 5.91 Å². The normalized spacial score (nSPS) is 14.2. The van der Waals surface area contributed by atoms with Crippen molar-refractivity contribution in [2.75, 3.05) is 7.11 Å². The third kappa shape index (κ3) is 3.10. The number of carbonyl (C=O) groups is 2. The van der Waals surface area contributed by atoms with Crippen LogP contribution in [0.1, 0.15) is 10.4 Å². The fraction of sp³-hybridized carbons (Fsp3) is 0.273. The van der Waals surface area contributed by atoms with Gasteiger partial charge in [0.2, 0.25) is 0 Å². The van der Waals surface area contributed by atoms with Crippen molar-refractivity contribution in [2.24, 2.45) is 0 Å². The third-order valence-electron chi connectivity index (χ3n) is 2.38. The van der Waals surface area contributed by atoms with Gasteiger partial charge in [-0.2, -0.15) is 13.2 Å². The molecule has 0 radical (unpaired) electrons. The Labute approximate surface area is 114 Å². The average Bonchev–Trinajstić information content (AvgIpc) is 2.35. The van der Waals surface area contributed by atoms with Gasteiger partial charge in [0.05, 0.1) is 7.11 Å². The molecule has 1 amide bonds. The zero-order valence-electron chi connectivity index (χ0n) is 10.3. The van der Waals surface area contributed by atoms with E-state index in [4.69, 9.17) is 0 Å². The Morgan fingerprint density at radius 1 is 1.19 bits per heavy atom. The number of benzene rings is 1. The van der Waals surface area contributed by atoms with Crippen molar-refractivity contribution in [2.45, 2.75) is 11.9 Å². The lowest BCUT2D eigenvalue weighted by atomic mass is 10.1. The van der Waals surface area contributed by atoms with Gasteiger partial charge in [-0.1, -0.05) is 6.07 Å². The molecule has 21 heavy (non-hydrogen) atoms. The summed E-state index contributed by atoms with van der Waals surface area (Å²) >= 11 is 0. The van der Waals surface area contributed by atoms with Crippen LogP contribution in [0.5, 0.6) is 0 Å². The maximum absolute atomic E-state index is 13.3. The minimum Gasteiger partial charge on any atom is -0.465 e. The van der Waals surface area contributed by atoms with Crippen molar-refractivity contribution < 1.29 is 41.4 Å². The number of hydrogen-bond acceptors (Lipinski definition) is 4. The number of aliphatic hydroxyl groups is 1. The molecule has 10 heteroatoms. The standard InChI is InChI=1S/C11H8F5NO4/c1-21-9(19)10(20,11(14,15)16)17-8(18)7-5(12)3-2-4-6(7)13/h2-4,20H,1H3,(H,17,18)/t10-/m0/s1. The fourth-order valence-corrected chi connectivity index (χ4v) is 1.33. The van der Waals surface area contributed by atoms with Crippen LogP contribution >= 0.6 is 0 Å². The van der Waals surface area contributed by atoms with Gasteiger partial charge in [0.1, 0.15) is 17.2 Å². The first-order valence-corrected chi connectivity index (χ1v) is 5.18. The summed E-state index contributed by atoms with van der Waals surface area (Å²) in [6.45, 7) is 0. The molecule has 2 N–H and O–H groups in total. The van der Waals surface area contributed by atoms with Gasteiger partial charge >= 0.3 is 17.9 Å². The molecule has 0 aromatic heterocycles. The van der Waals surface area contributed by atoms with E-state index in [0.29, 0.717) is 19.2 Å². The quantitative estimate of drug-likeness (QED) is 0.498. The van der Waals surface area contributed by atoms with Crippen molar-refractivity contribution in [1.82, 2.24) is 5.32 Å². The first-order valence-electron chi connectivity index (χ1n) is 5.18. The second-order valence-corrected chi connectivity index (χ2v) is 3.75. The maximum atomic E-state index is 13.3. The maximum Gasteiger partial charge on any atom is 0.448 e. The van der Waals surface area contributed by atoms with E-state index in [1.54, 1.807) is 0 Å². The summed E-state index contributed by atoms with van der Waals surface area (Å²) in [5.41, 5.74) is -5.82. The van der Waals surface area contributed by atoms with E-state index in [9.17, 15) is 36.6 Å². The number of ether oxygens (including phenoxy) is 1. The summed E-state index contributed by atoms with van der Waals surface area (Å²) in [5, 5.41) is 10.1. The molecule has 0 spiro atoms. The minimum atomic E-state index is -5.67. The topological polar surface area (TPSA) is 75.6 Å². The molecule has 0 aliphatic heterocycles. The molecule has 0 saturated heterocycles. The molecule has 0 aliphatic rings. The van der Waals surface area contributed by atoms with Crippen molar-refractivity contribution in [1.29, 1.82) is 0 Å². The highest BCUT2D eigenvalue weighted by Crippen LogP contribution is 2.30. The Bertz CT molecular complexity index is 554. The fourth-order valence-electron chi connectivity index (χ4n) is 1.33. The van der Waals surface area contributed by atoms with Gasteiger partial charge < -0.3 is 15.2 Å². The van der Waals surface area contributed by atoms with E-state index in [2.05, 4.69) is 4.74 Å². The molecule has 1 rings (SSSR count). The summed E-state index contributed by atoms with van der Waals surface area (Å²) in [5.74, 6) is -7.18. The minimum absolute atomic E-state index is 0.523. The molecule has 0 fully saturated rings. The predicted molar refractivity (Wildman–Crippen MR) is 56.8 cm³/mol. The van der Waals surface area contributed by atoms with Crippen molar-refractivity contribution in [3.05, 3.63) is 35.4 Å². The van der Waals surface area contributed by atoms with E-state index in [-0.39, 0.29) is 0 Å². The molecular weight excluding hydrogens is 305 g/mol. The number of carbonyl (C=O) groups excluding carboxylic acids is 2. The van der Waals surface area contributed by atoms with Crippen LogP contribution in [-0.4, -0.2) is 36.0 Å². The highest BCUT2D eigenvalue weighted by atomic mass is 19.4. The number of esters is 1. The number of nitrogens with one attached hydrogen (secondary N) is 1. The lowest BCUT2D eigenvalue weighted by Gasteiger charge is -2.28. The molecule has 116 valence electrons. The second-order valence-electron chi connectivity index (χ2n) is 3.75. The molecule has 1 aromatic rings. The largest absolute Gasteiger partial charge is 0.465 e. The van der Waals surface area contributed by atoms with Crippen LogP contribution < -0.4 is 5.32 Å². The van der Waals surface area contributed by atoms with Crippen LogP contribution in [0, 0.1) is 11.6 Å². The van der Waals surface area contributed by atoms with Crippen molar-refractivity contribution in [3.63, 3.8) is 0 Å². The molecule has 0 unspecified atom stereocenters. The summed E-state index contributed by atoms with van der Waals surface area (Å²) in [7, 11) is 0.523. The molecule has 1 atom stereocenters. The van der Waals surface area contributed by atoms with Gasteiger partial charge in [-0.25, -0.2) is 13.6 Å². The van der Waals surface area contributed by atoms with Crippen LogP contribution in [0.2, 0.25) is 0 Å². The summed E-state index contributed by atoms with van der Waals surface area (Å²) in [4.78, 5) is 22.5. The Morgan fingerprint density at radius 3 is 2.05 bits per heavy atom. The Hall–Kier alpha value is -2.23. The summed E-state index contributed by atoms with van der Waals surface area (Å²) in [6, 6.07) is 2.10. The lowest BCUT2D eigenvalue weighted by Crippen LogP contribution is -2.64. The smallest absolute Gasteiger partial charge is 0.448 e. The van der Waals surface area contributed by atoms with E-state index in [1.165, 1.54) is 0 Å². The first-order chi connectivity index (χ1) is 9.54. The number of alkyl halides is 3. The van der Waals surface area contributed by atoms with Crippen LogP contribution in [0.25, 0.3) is 0 Å². The molecule has 0 aliphatic carbocycles. The Balaban J connectivity index is 3.23. The molecule has 0 heterocycles. The van der Waals surface area contributed by atoms with Crippen molar-refractivity contribution in [3.8, 4) is 0 Å². The second kappa shape index (κ2) is 5.64. The average molecular weight is 313 g/mol. The highest BCUT2D eigenvalue weighted by molar-refractivity contribution is 5.98. The van der Waals surface area contributed by atoms with E-state index < -0.39 is 41.0 Å². The van der Waals surface area contributed by atoms with Gasteiger partial charge in [-0.15, -0.1) is 0 Å². The van der Waals surface area contributed by atoms with Crippen molar-refractivity contribution >= 4 is 11.9 Å². The van der Waals surface area contributed by atoms with Gasteiger partial charge in [-0.05, 0) is 12.1 Å². The zero-order valence-corrected chi connectivity index (χ0v) is 10.3. The third-order valence-corrected chi connectivity index (χ3v) is 2.38. The summed E-state index contributed by atoms with van der Waals surface area (Å²) in [6.07, 6.45) is -5.67. The molecular formula is C11H8F5NO4. The SMILES string of the molecule is COC(=O)[C@@](O)(NC(=O)c1c(F)cccc1F)C(F)(F)F. The Kier molecular flexibility index (Phi) is 4.52. The first kappa shape index (κ1) is 16.8. The number of hydrogen-bond donors (Lipinski definition) is 2. The van der Waals surface area contributed by atoms with E-state index >= 15 is 0 Å². The molecule has 0 bridgehead atoms. The molecule has 5 nitrogen and oxygen atoms in total. The van der Waals surface area contributed by atoms with Gasteiger partial charge in [0.15, 0.2) is 0 Å². The van der Waals surface area contributed by atoms with Crippen LogP contribution in [0.4, 0.5) is 22.0 Å². The monoisotopic (exact) mass is 313 g/mol. The number of methoxy groups -OCH3 is 1. The molecule has 1 aromatic carbocycles.